The molecule has 2 heterocycles. The molecule has 4 aliphatic carbocycles. The van der Waals surface area contributed by atoms with Crippen LogP contribution in [0.15, 0.2) is 24.3 Å². The number of carbonyl (C=O) groups is 1. The van der Waals surface area contributed by atoms with Crippen molar-refractivity contribution in [3.8, 4) is 0 Å². The van der Waals surface area contributed by atoms with Crippen molar-refractivity contribution in [3.63, 3.8) is 0 Å². The van der Waals surface area contributed by atoms with Crippen molar-refractivity contribution in [2.75, 3.05) is 32.0 Å². The highest BCUT2D eigenvalue weighted by Crippen LogP contribution is 2.55. The van der Waals surface area contributed by atoms with Gasteiger partial charge < -0.3 is 15.8 Å². The van der Waals surface area contributed by atoms with Crippen LogP contribution in [0.25, 0.3) is 0 Å². The second-order valence-corrected chi connectivity index (χ2v) is 10.8. The maximum atomic E-state index is 13.1. The first-order valence-electron chi connectivity index (χ1n) is 12.4. The van der Waals surface area contributed by atoms with Crippen LogP contribution in [0.2, 0.25) is 0 Å². The summed E-state index contributed by atoms with van der Waals surface area (Å²) >= 11 is 0. The third-order valence-electron chi connectivity index (χ3n) is 8.27. The average molecular weight is 451 g/mol. The van der Waals surface area contributed by atoms with E-state index in [0.29, 0.717) is 12.4 Å². The fourth-order valence-electron chi connectivity index (χ4n) is 7.10. The zero-order valence-electron chi connectivity index (χ0n) is 19.2. The van der Waals surface area contributed by atoms with Crippen molar-refractivity contribution in [2.45, 2.75) is 57.2 Å². The maximum Gasteiger partial charge on any atom is 0.276 e. The topological polar surface area (TPSA) is 98.3 Å². The molecule has 1 saturated heterocycles. The average Bonchev–Trinajstić information content (AvgIpc) is 3.15. The van der Waals surface area contributed by atoms with Crippen LogP contribution in [0.5, 0.6) is 0 Å². The first kappa shape index (κ1) is 21.1. The van der Waals surface area contributed by atoms with Crippen molar-refractivity contribution in [1.82, 2.24) is 25.2 Å². The summed E-state index contributed by atoms with van der Waals surface area (Å²) in [6, 6.07) is 8.51. The second kappa shape index (κ2) is 8.40. The van der Waals surface area contributed by atoms with Crippen molar-refractivity contribution < 1.29 is 9.53 Å². The number of anilines is 1. The number of ether oxygens (including phenoxy) is 1. The molecule has 3 N–H and O–H groups in total. The Morgan fingerprint density at radius 3 is 2.18 bits per heavy atom. The minimum atomic E-state index is -0.165. The Hall–Kier alpha value is -2.45. The van der Waals surface area contributed by atoms with Crippen LogP contribution < -0.4 is 11.1 Å². The number of morpholine rings is 1. The molecule has 5 fully saturated rings. The van der Waals surface area contributed by atoms with Gasteiger partial charge in [-0.15, -0.1) is 5.10 Å². The van der Waals surface area contributed by atoms with Crippen LogP contribution >= 0.6 is 0 Å². The monoisotopic (exact) mass is 450 g/mol. The summed E-state index contributed by atoms with van der Waals surface area (Å²) < 4.78 is 7.05. The summed E-state index contributed by atoms with van der Waals surface area (Å²) in [6.45, 7) is 5.01. The SMILES string of the molecule is Nc1c(C(=O)NC23CC4CC(CC(C4)C2)C3)nnn1Cc1ccc(CN2CCOCC2)cc1. The lowest BCUT2D eigenvalue weighted by atomic mass is 9.53. The number of hydrogen-bond acceptors (Lipinski definition) is 6. The summed E-state index contributed by atoms with van der Waals surface area (Å²) in [4.78, 5) is 15.5. The van der Waals surface area contributed by atoms with Crippen molar-refractivity contribution in [2.24, 2.45) is 17.8 Å². The molecule has 1 aromatic heterocycles. The fourth-order valence-corrected chi connectivity index (χ4v) is 7.10. The first-order chi connectivity index (χ1) is 16.1. The van der Waals surface area contributed by atoms with Gasteiger partial charge in [-0.3, -0.25) is 9.69 Å². The van der Waals surface area contributed by atoms with Crippen molar-refractivity contribution in [3.05, 3.63) is 41.1 Å². The molecule has 33 heavy (non-hydrogen) atoms. The molecule has 0 radical (unpaired) electrons. The lowest BCUT2D eigenvalue weighted by Crippen LogP contribution is -2.59. The fraction of sp³-hybridized carbons (Fsp3) is 0.640. The zero-order valence-corrected chi connectivity index (χ0v) is 19.2. The van der Waals surface area contributed by atoms with Crippen LogP contribution in [-0.2, 0) is 17.8 Å². The standard InChI is InChI=1S/C25H34N6O2/c26-23-22(24(32)27-25-12-19-9-20(13-25)11-21(10-19)14-25)28-29-31(23)16-18-3-1-17(2-4-18)15-30-5-7-33-8-6-30/h1-4,19-21H,5-16,26H2,(H,27,32). The number of nitrogens with two attached hydrogens (primary N) is 1. The van der Waals surface area contributed by atoms with E-state index < -0.39 is 0 Å². The molecular formula is C25H34N6O2. The normalized spacial score (nSPS) is 31.1. The lowest BCUT2D eigenvalue weighted by Gasteiger charge is -2.56. The third-order valence-corrected chi connectivity index (χ3v) is 8.27. The van der Waals surface area contributed by atoms with Crippen LogP contribution in [0.1, 0.15) is 60.1 Å². The molecule has 8 heteroatoms. The highest BCUT2D eigenvalue weighted by Gasteiger charge is 2.51. The van der Waals surface area contributed by atoms with E-state index in [1.54, 1.807) is 4.68 Å². The van der Waals surface area contributed by atoms with Gasteiger partial charge in [0.05, 0.1) is 19.8 Å². The van der Waals surface area contributed by atoms with Gasteiger partial charge in [0.15, 0.2) is 11.5 Å². The first-order valence-corrected chi connectivity index (χ1v) is 12.4. The van der Waals surface area contributed by atoms with Crippen LogP contribution in [0, 0.1) is 17.8 Å². The van der Waals surface area contributed by atoms with Crippen molar-refractivity contribution >= 4 is 11.7 Å². The molecule has 176 valence electrons. The minimum Gasteiger partial charge on any atom is -0.382 e. The molecule has 8 nitrogen and oxygen atoms in total. The minimum absolute atomic E-state index is 0.0572. The Balaban J connectivity index is 1.10. The molecule has 1 aliphatic heterocycles. The van der Waals surface area contributed by atoms with Crippen molar-refractivity contribution in [1.29, 1.82) is 0 Å². The third kappa shape index (κ3) is 4.26. The molecular weight excluding hydrogens is 416 g/mol. The van der Waals surface area contributed by atoms with E-state index in [-0.39, 0.29) is 17.1 Å². The van der Waals surface area contributed by atoms with Gasteiger partial charge in [0, 0.05) is 25.2 Å². The molecule has 0 spiro atoms. The molecule has 7 rings (SSSR count). The summed E-state index contributed by atoms with van der Waals surface area (Å²) in [5, 5.41) is 11.7. The van der Waals surface area contributed by atoms with Gasteiger partial charge in [-0.05, 0) is 67.4 Å². The quantitative estimate of drug-likeness (QED) is 0.702. The highest BCUT2D eigenvalue weighted by atomic mass is 16.5. The molecule has 4 saturated carbocycles. The Kier molecular flexibility index (Phi) is 5.37. The van der Waals surface area contributed by atoms with Crippen LogP contribution in [0.3, 0.4) is 0 Å². The number of nitrogens with one attached hydrogen (secondary N) is 1. The Bertz CT molecular complexity index is 975. The number of hydrogen-bond donors (Lipinski definition) is 2. The van der Waals surface area contributed by atoms with E-state index in [0.717, 1.165) is 75.4 Å². The number of rotatable bonds is 6. The van der Waals surface area contributed by atoms with Gasteiger partial charge in [-0.1, -0.05) is 29.5 Å². The summed E-state index contributed by atoms with van der Waals surface area (Å²) in [7, 11) is 0. The molecule has 5 aliphatic rings. The van der Waals surface area contributed by atoms with Crippen LogP contribution in [-0.4, -0.2) is 57.6 Å². The summed E-state index contributed by atoms with van der Waals surface area (Å²) in [5.41, 5.74) is 8.90. The summed E-state index contributed by atoms with van der Waals surface area (Å²) in [5.74, 6) is 2.50. The van der Waals surface area contributed by atoms with Gasteiger partial charge in [-0.25, -0.2) is 4.68 Å². The predicted octanol–water partition coefficient (Wildman–Crippen LogP) is 2.44. The van der Waals surface area contributed by atoms with Gasteiger partial charge >= 0.3 is 0 Å². The van der Waals surface area contributed by atoms with E-state index in [2.05, 4.69) is 44.8 Å². The second-order valence-electron chi connectivity index (χ2n) is 10.8. The Labute approximate surface area is 194 Å². The van der Waals surface area contributed by atoms with E-state index >= 15 is 0 Å². The lowest BCUT2D eigenvalue weighted by molar-refractivity contribution is -0.0167. The van der Waals surface area contributed by atoms with Gasteiger partial charge in [-0.2, -0.15) is 0 Å². The largest absolute Gasteiger partial charge is 0.382 e. The zero-order chi connectivity index (χ0) is 22.4. The van der Waals surface area contributed by atoms with Gasteiger partial charge in [0.1, 0.15) is 0 Å². The van der Waals surface area contributed by atoms with Gasteiger partial charge in [0.25, 0.3) is 5.91 Å². The highest BCUT2D eigenvalue weighted by molar-refractivity contribution is 5.96. The smallest absolute Gasteiger partial charge is 0.276 e. The number of nitrogens with zero attached hydrogens (tertiary/aromatic N) is 4. The number of nitrogen functional groups attached to an aromatic ring is 1. The van der Waals surface area contributed by atoms with E-state index in [9.17, 15) is 4.79 Å². The Morgan fingerprint density at radius 1 is 1.00 bits per heavy atom. The van der Waals surface area contributed by atoms with E-state index in [4.69, 9.17) is 10.5 Å². The van der Waals surface area contributed by atoms with Crippen LogP contribution in [0.4, 0.5) is 5.82 Å². The van der Waals surface area contributed by atoms with E-state index in [1.807, 2.05) is 0 Å². The molecule has 2 aromatic rings. The number of aromatic nitrogens is 3. The summed E-state index contributed by atoms with van der Waals surface area (Å²) in [6.07, 6.45) is 7.36. The number of amides is 1. The molecule has 0 atom stereocenters. The van der Waals surface area contributed by atoms with E-state index in [1.165, 1.54) is 24.8 Å². The molecule has 4 bridgehead atoms. The molecule has 0 unspecified atom stereocenters. The number of carbonyl (C=O) groups excluding carboxylic acids is 1. The Morgan fingerprint density at radius 2 is 1.58 bits per heavy atom. The number of benzene rings is 1. The maximum absolute atomic E-state index is 13.1. The molecule has 1 amide bonds. The van der Waals surface area contributed by atoms with Gasteiger partial charge in [0.2, 0.25) is 0 Å². The predicted molar refractivity (Wildman–Crippen MR) is 124 cm³/mol. The molecule has 1 aromatic carbocycles.